The van der Waals surface area contributed by atoms with Gasteiger partial charge in [0, 0.05) is 18.1 Å². The highest BCUT2D eigenvalue weighted by atomic mass is 79.9. The number of benzene rings is 1. The molecule has 0 radical (unpaired) electrons. The first-order valence-electron chi connectivity index (χ1n) is 5.82. The zero-order valence-electron chi connectivity index (χ0n) is 10.6. The summed E-state index contributed by atoms with van der Waals surface area (Å²) >= 11 is 9.37. The summed E-state index contributed by atoms with van der Waals surface area (Å²) in [6.07, 6.45) is 1.52. The highest BCUT2D eigenvalue weighted by Crippen LogP contribution is 2.29. The monoisotopic (exact) mass is 340 g/mol. The summed E-state index contributed by atoms with van der Waals surface area (Å²) in [4.78, 5) is 8.36. The lowest BCUT2D eigenvalue weighted by atomic mass is 10.1. The predicted octanol–water partition coefficient (Wildman–Crippen LogP) is 4.11. The van der Waals surface area contributed by atoms with Gasteiger partial charge in [-0.05, 0) is 40.5 Å². The van der Waals surface area contributed by atoms with Crippen LogP contribution in [0, 0.1) is 0 Å². The van der Waals surface area contributed by atoms with E-state index in [1.54, 1.807) is 0 Å². The molecule has 2 N–H and O–H groups in total. The molecule has 1 unspecified atom stereocenters. The van der Waals surface area contributed by atoms with E-state index < -0.39 is 0 Å². The second kappa shape index (κ2) is 6.21. The molecule has 0 bridgehead atoms. The van der Waals surface area contributed by atoms with Gasteiger partial charge in [0.15, 0.2) is 0 Å². The Labute approximate surface area is 125 Å². The molecule has 0 aliphatic carbocycles. The van der Waals surface area contributed by atoms with E-state index in [0.717, 1.165) is 26.7 Å². The van der Waals surface area contributed by atoms with Gasteiger partial charge in [0.05, 0.1) is 0 Å². The fourth-order valence-electron chi connectivity index (χ4n) is 1.68. The third-order valence-corrected chi connectivity index (χ3v) is 3.75. The van der Waals surface area contributed by atoms with E-state index in [2.05, 4.69) is 43.5 Å². The summed E-state index contributed by atoms with van der Waals surface area (Å²) < 4.78 is 0.818. The minimum atomic E-state index is 0.119. The molecule has 0 saturated carbocycles. The minimum absolute atomic E-state index is 0.119. The van der Waals surface area contributed by atoms with Crippen molar-refractivity contribution in [3.63, 3.8) is 0 Å². The van der Waals surface area contributed by atoms with Gasteiger partial charge in [0.1, 0.15) is 22.4 Å². The molecule has 1 aromatic carbocycles. The maximum Gasteiger partial charge on any atom is 0.146 e. The summed E-state index contributed by atoms with van der Waals surface area (Å²) in [6.45, 7) is 2.07. The SMILES string of the molecule is CNc1ncnc(NC(C)c2ccc(Cl)cc2)c1Br. The lowest BCUT2D eigenvalue weighted by molar-refractivity contribution is 0.870. The fourth-order valence-corrected chi connectivity index (χ4v) is 2.33. The van der Waals surface area contributed by atoms with Crippen molar-refractivity contribution >= 4 is 39.2 Å². The zero-order chi connectivity index (χ0) is 13.8. The maximum absolute atomic E-state index is 5.88. The molecule has 0 fully saturated rings. The van der Waals surface area contributed by atoms with Crippen molar-refractivity contribution < 1.29 is 0 Å². The van der Waals surface area contributed by atoms with Crippen molar-refractivity contribution in [2.45, 2.75) is 13.0 Å². The van der Waals surface area contributed by atoms with E-state index in [9.17, 15) is 0 Å². The van der Waals surface area contributed by atoms with Gasteiger partial charge < -0.3 is 10.6 Å². The predicted molar refractivity (Wildman–Crippen MR) is 82.8 cm³/mol. The number of anilines is 2. The molecule has 0 aliphatic rings. The summed E-state index contributed by atoms with van der Waals surface area (Å²) in [7, 11) is 1.82. The first kappa shape index (κ1) is 14.1. The van der Waals surface area contributed by atoms with Crippen LogP contribution < -0.4 is 10.6 Å². The van der Waals surface area contributed by atoms with E-state index >= 15 is 0 Å². The largest absolute Gasteiger partial charge is 0.372 e. The summed E-state index contributed by atoms with van der Waals surface area (Å²) in [5, 5.41) is 7.07. The lowest BCUT2D eigenvalue weighted by Crippen LogP contribution is -2.09. The number of nitrogens with zero attached hydrogens (tertiary/aromatic N) is 2. The Hall–Kier alpha value is -1.33. The quantitative estimate of drug-likeness (QED) is 0.879. The van der Waals surface area contributed by atoms with E-state index in [-0.39, 0.29) is 6.04 Å². The fraction of sp³-hybridized carbons (Fsp3) is 0.231. The van der Waals surface area contributed by atoms with Crippen molar-refractivity contribution in [2.24, 2.45) is 0 Å². The Morgan fingerprint density at radius 2 is 1.79 bits per heavy atom. The van der Waals surface area contributed by atoms with Crippen molar-refractivity contribution in [3.05, 3.63) is 45.7 Å². The normalized spacial score (nSPS) is 12.0. The number of halogens is 2. The average molecular weight is 342 g/mol. The standard InChI is InChI=1S/C13H14BrClN4/c1-8(9-3-5-10(15)6-4-9)19-13-11(14)12(16-2)17-7-18-13/h3-8H,1-2H3,(H2,16,17,18,19). The van der Waals surface area contributed by atoms with Crippen LogP contribution in [0.2, 0.25) is 5.02 Å². The van der Waals surface area contributed by atoms with Gasteiger partial charge >= 0.3 is 0 Å². The van der Waals surface area contributed by atoms with Gasteiger partial charge in [-0.15, -0.1) is 0 Å². The molecule has 0 amide bonds. The maximum atomic E-state index is 5.88. The summed E-state index contributed by atoms with van der Waals surface area (Å²) in [6, 6.07) is 7.86. The van der Waals surface area contributed by atoms with Crippen molar-refractivity contribution in [1.29, 1.82) is 0 Å². The van der Waals surface area contributed by atoms with Crippen LogP contribution in [0.5, 0.6) is 0 Å². The molecule has 1 heterocycles. The molecular weight excluding hydrogens is 328 g/mol. The summed E-state index contributed by atoms with van der Waals surface area (Å²) in [5.41, 5.74) is 1.14. The molecule has 0 saturated heterocycles. The molecule has 1 atom stereocenters. The molecule has 6 heteroatoms. The Bertz CT molecular complexity index is 559. The van der Waals surface area contributed by atoms with Crippen LogP contribution in [0.4, 0.5) is 11.6 Å². The van der Waals surface area contributed by atoms with Crippen molar-refractivity contribution in [3.8, 4) is 0 Å². The third-order valence-electron chi connectivity index (χ3n) is 2.75. The summed E-state index contributed by atoms with van der Waals surface area (Å²) in [5.74, 6) is 1.50. The van der Waals surface area contributed by atoms with Crippen LogP contribution >= 0.6 is 27.5 Å². The number of aromatic nitrogens is 2. The number of nitrogens with one attached hydrogen (secondary N) is 2. The van der Waals surface area contributed by atoms with Gasteiger partial charge in [0.2, 0.25) is 0 Å². The first-order chi connectivity index (χ1) is 9.11. The van der Waals surface area contributed by atoms with Crippen LogP contribution in [0.3, 0.4) is 0 Å². The van der Waals surface area contributed by atoms with Crippen LogP contribution in [-0.4, -0.2) is 17.0 Å². The van der Waals surface area contributed by atoms with Crippen LogP contribution in [-0.2, 0) is 0 Å². The zero-order valence-corrected chi connectivity index (χ0v) is 13.0. The van der Waals surface area contributed by atoms with Crippen LogP contribution in [0.25, 0.3) is 0 Å². The van der Waals surface area contributed by atoms with Gasteiger partial charge in [-0.3, -0.25) is 0 Å². The van der Waals surface area contributed by atoms with Gasteiger partial charge in [-0.1, -0.05) is 23.7 Å². The Kier molecular flexibility index (Phi) is 4.61. The van der Waals surface area contributed by atoms with Crippen LogP contribution in [0.1, 0.15) is 18.5 Å². The molecule has 2 aromatic rings. The topological polar surface area (TPSA) is 49.8 Å². The lowest BCUT2D eigenvalue weighted by Gasteiger charge is -2.16. The number of hydrogen-bond donors (Lipinski definition) is 2. The Morgan fingerprint density at radius 3 is 2.42 bits per heavy atom. The van der Waals surface area contributed by atoms with Crippen LogP contribution in [0.15, 0.2) is 35.1 Å². The average Bonchev–Trinajstić information content (AvgIpc) is 2.42. The van der Waals surface area contributed by atoms with Gasteiger partial charge in [0.25, 0.3) is 0 Å². The van der Waals surface area contributed by atoms with Gasteiger partial charge in [-0.2, -0.15) is 0 Å². The van der Waals surface area contributed by atoms with Crippen molar-refractivity contribution in [1.82, 2.24) is 9.97 Å². The Morgan fingerprint density at radius 1 is 1.16 bits per heavy atom. The van der Waals surface area contributed by atoms with E-state index in [1.165, 1.54) is 6.33 Å². The third kappa shape index (κ3) is 3.36. The smallest absolute Gasteiger partial charge is 0.146 e. The van der Waals surface area contributed by atoms with Gasteiger partial charge in [-0.25, -0.2) is 9.97 Å². The first-order valence-corrected chi connectivity index (χ1v) is 6.99. The molecule has 4 nitrogen and oxygen atoms in total. The molecule has 1 aromatic heterocycles. The molecule has 0 spiro atoms. The highest BCUT2D eigenvalue weighted by molar-refractivity contribution is 9.10. The van der Waals surface area contributed by atoms with E-state index in [4.69, 9.17) is 11.6 Å². The second-order valence-electron chi connectivity index (χ2n) is 4.05. The van der Waals surface area contributed by atoms with E-state index in [0.29, 0.717) is 0 Å². The van der Waals surface area contributed by atoms with Crippen molar-refractivity contribution in [2.75, 3.05) is 17.7 Å². The molecular formula is C13H14BrClN4. The number of hydrogen-bond acceptors (Lipinski definition) is 4. The second-order valence-corrected chi connectivity index (χ2v) is 5.28. The molecule has 0 aliphatic heterocycles. The molecule has 2 rings (SSSR count). The van der Waals surface area contributed by atoms with E-state index in [1.807, 2.05) is 31.3 Å². The number of rotatable bonds is 4. The molecule has 19 heavy (non-hydrogen) atoms. The minimum Gasteiger partial charge on any atom is -0.372 e. The highest BCUT2D eigenvalue weighted by Gasteiger charge is 2.11. The molecule has 100 valence electrons. The Balaban J connectivity index is 2.19.